The van der Waals surface area contributed by atoms with Crippen molar-refractivity contribution in [2.75, 3.05) is 24.6 Å². The number of nitrogens with zero attached hydrogens (tertiary/aromatic N) is 2. The number of para-hydroxylation sites is 2. The highest BCUT2D eigenvalue weighted by Gasteiger charge is 2.29. The lowest BCUT2D eigenvalue weighted by Gasteiger charge is -2.25. The van der Waals surface area contributed by atoms with Crippen LogP contribution in [0.4, 0.5) is 5.69 Å². The Bertz CT molecular complexity index is 1240. The standard InChI is InChI=1S/C25H27N3O5S/c1-4-33-24-8-6-5-7-23(24)28(34(30,31)22-15-9-19(2)10-16-22)18-25(29)27-26-17-20-11-13-21(32-3)14-12-20/h5-17H,4,18H2,1-3H3,(H,27,29)/b26-17-. The zero-order chi connectivity index (χ0) is 24.6. The highest BCUT2D eigenvalue weighted by molar-refractivity contribution is 7.92. The van der Waals surface area contributed by atoms with E-state index in [1.165, 1.54) is 18.3 Å². The van der Waals surface area contributed by atoms with Gasteiger partial charge in [-0.1, -0.05) is 29.8 Å². The van der Waals surface area contributed by atoms with Gasteiger partial charge in [-0.15, -0.1) is 0 Å². The molecule has 0 atom stereocenters. The lowest BCUT2D eigenvalue weighted by Crippen LogP contribution is -2.39. The second-order valence-electron chi connectivity index (χ2n) is 7.29. The molecule has 9 heteroatoms. The average Bonchev–Trinajstić information content (AvgIpc) is 2.84. The first-order valence-electron chi connectivity index (χ1n) is 10.6. The quantitative estimate of drug-likeness (QED) is 0.351. The number of hydrazone groups is 1. The average molecular weight is 482 g/mol. The van der Waals surface area contributed by atoms with E-state index in [0.29, 0.717) is 18.1 Å². The minimum atomic E-state index is -4.06. The summed E-state index contributed by atoms with van der Waals surface area (Å²) in [6, 6.07) is 20.2. The van der Waals surface area contributed by atoms with Crippen molar-refractivity contribution >= 4 is 27.8 Å². The van der Waals surface area contributed by atoms with Crippen LogP contribution in [0.2, 0.25) is 0 Å². The van der Waals surface area contributed by atoms with E-state index in [4.69, 9.17) is 9.47 Å². The number of benzene rings is 3. The Morgan fingerprint density at radius 3 is 2.35 bits per heavy atom. The van der Waals surface area contributed by atoms with Crippen molar-refractivity contribution in [2.45, 2.75) is 18.7 Å². The largest absolute Gasteiger partial charge is 0.497 e. The molecule has 34 heavy (non-hydrogen) atoms. The molecule has 0 spiro atoms. The number of sulfonamides is 1. The molecule has 0 aliphatic rings. The Hall–Kier alpha value is -3.85. The number of carbonyl (C=O) groups excluding carboxylic acids is 1. The zero-order valence-corrected chi connectivity index (χ0v) is 20.1. The second kappa shape index (κ2) is 11.3. The van der Waals surface area contributed by atoms with Crippen molar-refractivity contribution in [3.05, 3.63) is 83.9 Å². The van der Waals surface area contributed by atoms with Gasteiger partial charge >= 0.3 is 0 Å². The van der Waals surface area contributed by atoms with Gasteiger partial charge in [-0.05, 0) is 67.9 Å². The summed E-state index contributed by atoms with van der Waals surface area (Å²) in [5.41, 5.74) is 4.32. The molecule has 0 aliphatic heterocycles. The molecule has 0 unspecified atom stereocenters. The summed E-state index contributed by atoms with van der Waals surface area (Å²) in [5, 5.41) is 3.95. The maximum absolute atomic E-state index is 13.5. The molecule has 3 aromatic rings. The van der Waals surface area contributed by atoms with E-state index in [0.717, 1.165) is 15.4 Å². The SMILES string of the molecule is CCOc1ccccc1N(CC(=O)N/N=C\c1ccc(OC)cc1)S(=O)(=O)c1ccc(C)cc1. The summed E-state index contributed by atoms with van der Waals surface area (Å²) in [4.78, 5) is 12.8. The van der Waals surface area contributed by atoms with E-state index in [-0.39, 0.29) is 10.6 Å². The second-order valence-corrected chi connectivity index (χ2v) is 9.15. The summed E-state index contributed by atoms with van der Waals surface area (Å²) >= 11 is 0. The highest BCUT2D eigenvalue weighted by Crippen LogP contribution is 2.32. The smallest absolute Gasteiger partial charge is 0.264 e. The normalized spacial score (nSPS) is 11.3. The number of hydrogen-bond donors (Lipinski definition) is 1. The van der Waals surface area contributed by atoms with Crippen LogP contribution in [0.25, 0.3) is 0 Å². The highest BCUT2D eigenvalue weighted by atomic mass is 32.2. The number of carbonyl (C=O) groups is 1. The lowest BCUT2D eigenvalue weighted by atomic mass is 10.2. The van der Waals surface area contributed by atoms with E-state index in [9.17, 15) is 13.2 Å². The fourth-order valence-corrected chi connectivity index (χ4v) is 4.54. The number of anilines is 1. The van der Waals surface area contributed by atoms with Crippen LogP contribution in [-0.4, -0.2) is 40.8 Å². The lowest BCUT2D eigenvalue weighted by molar-refractivity contribution is -0.119. The molecular weight excluding hydrogens is 454 g/mol. The predicted molar refractivity (Wildman–Crippen MR) is 132 cm³/mol. The number of rotatable bonds is 10. The van der Waals surface area contributed by atoms with Crippen LogP contribution in [0.5, 0.6) is 11.5 Å². The topological polar surface area (TPSA) is 97.3 Å². The van der Waals surface area contributed by atoms with Crippen LogP contribution >= 0.6 is 0 Å². The van der Waals surface area contributed by atoms with Crippen LogP contribution in [0.15, 0.2) is 82.8 Å². The van der Waals surface area contributed by atoms with E-state index in [2.05, 4.69) is 10.5 Å². The van der Waals surface area contributed by atoms with Gasteiger partial charge < -0.3 is 9.47 Å². The molecule has 0 bridgehead atoms. The van der Waals surface area contributed by atoms with Gasteiger partial charge in [-0.25, -0.2) is 13.8 Å². The van der Waals surface area contributed by atoms with Crippen molar-refractivity contribution < 1.29 is 22.7 Å². The Labute approximate surface area is 199 Å². The molecule has 8 nitrogen and oxygen atoms in total. The van der Waals surface area contributed by atoms with E-state index in [1.54, 1.807) is 74.7 Å². The molecule has 0 aromatic heterocycles. The first kappa shape index (κ1) is 24.8. The Kier molecular flexibility index (Phi) is 8.26. The van der Waals surface area contributed by atoms with Crippen LogP contribution in [0, 0.1) is 6.92 Å². The van der Waals surface area contributed by atoms with Gasteiger partial charge in [-0.2, -0.15) is 5.10 Å². The summed E-state index contributed by atoms with van der Waals surface area (Å²) in [5.74, 6) is 0.452. The minimum absolute atomic E-state index is 0.0685. The molecule has 178 valence electrons. The van der Waals surface area contributed by atoms with Gasteiger partial charge in [0.2, 0.25) is 0 Å². The maximum atomic E-state index is 13.5. The number of nitrogens with one attached hydrogen (secondary N) is 1. The predicted octanol–water partition coefficient (Wildman–Crippen LogP) is 3.75. The van der Waals surface area contributed by atoms with Crippen LogP contribution in [-0.2, 0) is 14.8 Å². The molecule has 0 heterocycles. The van der Waals surface area contributed by atoms with Gasteiger partial charge in [0.1, 0.15) is 18.0 Å². The Morgan fingerprint density at radius 2 is 1.71 bits per heavy atom. The number of hydrogen-bond acceptors (Lipinski definition) is 6. The van der Waals surface area contributed by atoms with Crippen LogP contribution in [0.3, 0.4) is 0 Å². The summed E-state index contributed by atoms with van der Waals surface area (Å²) in [6.07, 6.45) is 1.46. The zero-order valence-electron chi connectivity index (χ0n) is 19.3. The Morgan fingerprint density at radius 1 is 1.03 bits per heavy atom. The molecular formula is C25H27N3O5S. The fraction of sp³-hybridized carbons (Fsp3) is 0.200. The molecule has 1 amide bonds. The monoisotopic (exact) mass is 481 g/mol. The van der Waals surface area contributed by atoms with Crippen molar-refractivity contribution in [3.8, 4) is 11.5 Å². The van der Waals surface area contributed by atoms with E-state index < -0.39 is 22.5 Å². The van der Waals surface area contributed by atoms with Gasteiger partial charge in [0, 0.05) is 0 Å². The molecule has 3 rings (SSSR count). The van der Waals surface area contributed by atoms with Crippen molar-refractivity contribution in [1.82, 2.24) is 5.43 Å². The van der Waals surface area contributed by atoms with Gasteiger partial charge in [0.15, 0.2) is 0 Å². The number of ether oxygens (including phenoxy) is 2. The summed E-state index contributed by atoms with van der Waals surface area (Å²) in [6.45, 7) is 3.52. The maximum Gasteiger partial charge on any atom is 0.264 e. The molecule has 0 saturated heterocycles. The van der Waals surface area contributed by atoms with E-state index >= 15 is 0 Å². The van der Waals surface area contributed by atoms with Crippen LogP contribution < -0.4 is 19.2 Å². The van der Waals surface area contributed by atoms with E-state index in [1.807, 2.05) is 6.92 Å². The number of methoxy groups -OCH3 is 1. The number of amides is 1. The van der Waals surface area contributed by atoms with Crippen molar-refractivity contribution in [2.24, 2.45) is 5.10 Å². The summed E-state index contributed by atoms with van der Waals surface area (Å²) in [7, 11) is -2.49. The summed E-state index contributed by atoms with van der Waals surface area (Å²) < 4.78 is 38.8. The molecule has 1 N–H and O–H groups in total. The molecule has 0 aliphatic carbocycles. The molecule has 0 radical (unpaired) electrons. The third-order valence-electron chi connectivity index (χ3n) is 4.85. The third-order valence-corrected chi connectivity index (χ3v) is 6.62. The van der Waals surface area contributed by atoms with Gasteiger partial charge in [-0.3, -0.25) is 9.10 Å². The first-order chi connectivity index (χ1) is 16.3. The molecule has 3 aromatic carbocycles. The van der Waals surface area contributed by atoms with Gasteiger partial charge in [0.05, 0.1) is 30.5 Å². The first-order valence-corrected chi connectivity index (χ1v) is 12.1. The van der Waals surface area contributed by atoms with Crippen LogP contribution in [0.1, 0.15) is 18.1 Å². The van der Waals surface area contributed by atoms with Crippen molar-refractivity contribution in [1.29, 1.82) is 0 Å². The Balaban J connectivity index is 1.87. The number of aryl methyl sites for hydroxylation is 1. The minimum Gasteiger partial charge on any atom is -0.497 e. The van der Waals surface area contributed by atoms with Gasteiger partial charge in [0.25, 0.3) is 15.9 Å². The molecule has 0 fully saturated rings. The van der Waals surface area contributed by atoms with Crippen molar-refractivity contribution in [3.63, 3.8) is 0 Å². The third kappa shape index (κ3) is 6.14. The fourth-order valence-electron chi connectivity index (χ4n) is 3.11. The molecule has 0 saturated carbocycles.